The van der Waals surface area contributed by atoms with Crippen molar-refractivity contribution in [1.29, 1.82) is 0 Å². The lowest BCUT2D eigenvalue weighted by Gasteiger charge is -2.19. The molecule has 0 fully saturated rings. The zero-order chi connectivity index (χ0) is 12.1. The summed E-state index contributed by atoms with van der Waals surface area (Å²) in [6.07, 6.45) is 1.65. The van der Waals surface area contributed by atoms with Crippen molar-refractivity contribution in [1.82, 2.24) is 15.3 Å². The maximum atomic E-state index is 11.2. The van der Waals surface area contributed by atoms with Crippen LogP contribution in [0.25, 0.3) is 0 Å². The number of nitrogen functional groups attached to an aromatic ring is 1. The first kappa shape index (κ1) is 12.2. The summed E-state index contributed by atoms with van der Waals surface area (Å²) in [5.74, 6) is 6.14. The molecule has 7 nitrogen and oxygen atoms in total. The smallest absolute Gasteiger partial charge is 0.239 e. The number of rotatable bonds is 4. The number of amides is 1. The van der Waals surface area contributed by atoms with Crippen molar-refractivity contribution in [3.05, 3.63) is 11.8 Å². The molecule has 4 N–H and O–H groups in total. The minimum atomic E-state index is -0.0808. The SMILES string of the molecule is CNC(=O)CN(C)c1nc(NN)ncc1C. The molecule has 0 saturated carbocycles. The van der Waals surface area contributed by atoms with Gasteiger partial charge in [0.05, 0.1) is 6.54 Å². The van der Waals surface area contributed by atoms with E-state index >= 15 is 0 Å². The van der Waals surface area contributed by atoms with Gasteiger partial charge in [0.1, 0.15) is 5.82 Å². The number of hydrogen-bond acceptors (Lipinski definition) is 6. The molecule has 0 spiro atoms. The van der Waals surface area contributed by atoms with E-state index < -0.39 is 0 Å². The van der Waals surface area contributed by atoms with Gasteiger partial charge >= 0.3 is 0 Å². The second-order valence-corrected chi connectivity index (χ2v) is 3.37. The van der Waals surface area contributed by atoms with Crippen LogP contribution in [0.1, 0.15) is 5.56 Å². The van der Waals surface area contributed by atoms with Crippen molar-refractivity contribution in [2.75, 3.05) is 31.0 Å². The predicted molar refractivity (Wildman–Crippen MR) is 61.9 cm³/mol. The molecule has 1 aromatic heterocycles. The Morgan fingerprint density at radius 3 is 2.88 bits per heavy atom. The lowest BCUT2D eigenvalue weighted by Crippen LogP contribution is -2.34. The Morgan fingerprint density at radius 1 is 1.62 bits per heavy atom. The Balaban J connectivity index is 2.88. The van der Waals surface area contributed by atoms with Gasteiger partial charge in [0.25, 0.3) is 0 Å². The second kappa shape index (κ2) is 5.26. The van der Waals surface area contributed by atoms with Crippen molar-refractivity contribution in [2.24, 2.45) is 5.84 Å². The van der Waals surface area contributed by atoms with Crippen LogP contribution >= 0.6 is 0 Å². The zero-order valence-electron chi connectivity index (χ0n) is 9.61. The first-order valence-electron chi connectivity index (χ1n) is 4.80. The van der Waals surface area contributed by atoms with Gasteiger partial charge in [-0.15, -0.1) is 0 Å². The topological polar surface area (TPSA) is 96.2 Å². The molecule has 0 atom stereocenters. The van der Waals surface area contributed by atoms with Gasteiger partial charge in [-0.05, 0) is 6.92 Å². The van der Waals surface area contributed by atoms with Gasteiger partial charge in [0, 0.05) is 25.9 Å². The van der Waals surface area contributed by atoms with Gasteiger partial charge in [-0.1, -0.05) is 0 Å². The normalized spacial score (nSPS) is 9.75. The highest BCUT2D eigenvalue weighted by molar-refractivity contribution is 5.80. The summed E-state index contributed by atoms with van der Waals surface area (Å²) in [6, 6.07) is 0. The summed E-state index contributed by atoms with van der Waals surface area (Å²) in [5.41, 5.74) is 3.25. The Labute approximate surface area is 94.0 Å². The third-order valence-electron chi connectivity index (χ3n) is 2.10. The monoisotopic (exact) mass is 224 g/mol. The molecule has 0 bridgehead atoms. The summed E-state index contributed by atoms with van der Waals surface area (Å²) < 4.78 is 0. The number of aromatic nitrogens is 2. The third kappa shape index (κ3) is 2.80. The van der Waals surface area contributed by atoms with Gasteiger partial charge < -0.3 is 10.2 Å². The average Bonchev–Trinajstić information content (AvgIpc) is 2.29. The highest BCUT2D eigenvalue weighted by atomic mass is 16.1. The Morgan fingerprint density at radius 2 is 2.31 bits per heavy atom. The van der Waals surface area contributed by atoms with Gasteiger partial charge in [0.2, 0.25) is 11.9 Å². The summed E-state index contributed by atoms with van der Waals surface area (Å²) in [4.78, 5) is 21.1. The number of hydrogen-bond donors (Lipinski definition) is 3. The van der Waals surface area contributed by atoms with Gasteiger partial charge in [-0.25, -0.2) is 10.8 Å². The minimum Gasteiger partial charge on any atom is -0.358 e. The predicted octanol–water partition coefficient (Wildman–Crippen LogP) is -0.747. The van der Waals surface area contributed by atoms with Gasteiger partial charge in [0.15, 0.2) is 0 Å². The number of likely N-dealkylation sites (N-methyl/N-ethyl adjacent to an activating group) is 2. The number of hydrazine groups is 1. The second-order valence-electron chi connectivity index (χ2n) is 3.37. The molecule has 0 aliphatic rings. The lowest BCUT2D eigenvalue weighted by molar-refractivity contribution is -0.119. The molecule has 0 aliphatic carbocycles. The maximum absolute atomic E-state index is 11.2. The third-order valence-corrected chi connectivity index (χ3v) is 2.10. The van der Waals surface area contributed by atoms with Crippen molar-refractivity contribution >= 4 is 17.7 Å². The first-order chi connectivity index (χ1) is 7.58. The van der Waals surface area contributed by atoms with Crippen molar-refractivity contribution in [3.8, 4) is 0 Å². The molecule has 1 amide bonds. The fourth-order valence-electron chi connectivity index (χ4n) is 1.26. The molecular weight excluding hydrogens is 208 g/mol. The van der Waals surface area contributed by atoms with E-state index in [9.17, 15) is 4.79 Å². The van der Waals surface area contributed by atoms with Crippen molar-refractivity contribution in [3.63, 3.8) is 0 Å². The first-order valence-corrected chi connectivity index (χ1v) is 4.80. The van der Waals surface area contributed by atoms with Crippen molar-refractivity contribution < 1.29 is 4.79 Å². The molecule has 1 rings (SSSR count). The van der Waals surface area contributed by atoms with Crippen molar-refractivity contribution in [2.45, 2.75) is 6.92 Å². The lowest BCUT2D eigenvalue weighted by atomic mass is 10.3. The molecule has 0 aliphatic heterocycles. The number of aryl methyl sites for hydroxylation is 1. The molecule has 0 saturated heterocycles. The molecule has 1 heterocycles. The molecule has 0 unspecified atom stereocenters. The Bertz CT molecular complexity index is 380. The fraction of sp³-hybridized carbons (Fsp3) is 0.444. The summed E-state index contributed by atoms with van der Waals surface area (Å²) in [5, 5.41) is 2.55. The average molecular weight is 224 g/mol. The van der Waals surface area contributed by atoms with Crippen LogP contribution < -0.4 is 21.5 Å². The van der Waals surface area contributed by atoms with Gasteiger partial charge in [-0.2, -0.15) is 4.98 Å². The van der Waals surface area contributed by atoms with E-state index in [4.69, 9.17) is 5.84 Å². The summed E-state index contributed by atoms with van der Waals surface area (Å²) in [6.45, 7) is 2.11. The zero-order valence-corrected chi connectivity index (χ0v) is 9.61. The van der Waals surface area contributed by atoms with Crippen LogP contribution in [0.5, 0.6) is 0 Å². The van der Waals surface area contributed by atoms with E-state index in [2.05, 4.69) is 20.7 Å². The maximum Gasteiger partial charge on any atom is 0.239 e. The van der Waals surface area contributed by atoms with Crippen LogP contribution in [0, 0.1) is 6.92 Å². The number of carbonyl (C=O) groups excluding carboxylic acids is 1. The molecule has 88 valence electrons. The Hall–Kier alpha value is -1.89. The van der Waals surface area contributed by atoms with Crippen LogP contribution in [0.4, 0.5) is 11.8 Å². The summed E-state index contributed by atoms with van der Waals surface area (Å²) >= 11 is 0. The largest absolute Gasteiger partial charge is 0.358 e. The number of carbonyl (C=O) groups is 1. The number of nitrogens with two attached hydrogens (primary N) is 1. The van der Waals surface area contributed by atoms with Crippen LogP contribution in [-0.4, -0.2) is 36.5 Å². The number of anilines is 2. The Kier molecular flexibility index (Phi) is 4.01. The van der Waals surface area contributed by atoms with Gasteiger partial charge in [-0.3, -0.25) is 10.2 Å². The molecule has 0 radical (unpaired) electrons. The molecular formula is C9H16N6O. The van der Waals surface area contributed by atoms with Crippen LogP contribution in [-0.2, 0) is 4.79 Å². The molecule has 0 aromatic carbocycles. The standard InChI is InChI=1S/C9H16N6O/c1-6-4-12-9(14-10)13-8(6)15(3)5-7(16)11-2/h4H,5,10H2,1-3H3,(H,11,16)(H,12,13,14). The number of nitrogens with zero attached hydrogens (tertiary/aromatic N) is 3. The molecule has 1 aromatic rings. The van der Waals surface area contributed by atoms with E-state index in [1.165, 1.54) is 0 Å². The van der Waals surface area contributed by atoms with Crippen LogP contribution in [0.3, 0.4) is 0 Å². The quantitative estimate of drug-likeness (QED) is 0.460. The van der Waals surface area contributed by atoms with E-state index in [1.807, 2.05) is 6.92 Å². The van der Waals surface area contributed by atoms with Crippen LogP contribution in [0.15, 0.2) is 6.20 Å². The van der Waals surface area contributed by atoms with E-state index in [0.717, 1.165) is 5.56 Å². The summed E-state index contributed by atoms with van der Waals surface area (Å²) in [7, 11) is 3.38. The van der Waals surface area contributed by atoms with E-state index in [1.54, 1.807) is 25.2 Å². The fourth-order valence-corrected chi connectivity index (χ4v) is 1.26. The minimum absolute atomic E-state index is 0.0808. The van der Waals surface area contributed by atoms with Crippen LogP contribution in [0.2, 0.25) is 0 Å². The number of nitrogens with one attached hydrogen (secondary N) is 2. The van der Waals surface area contributed by atoms with E-state index in [0.29, 0.717) is 11.8 Å². The molecule has 16 heavy (non-hydrogen) atoms. The highest BCUT2D eigenvalue weighted by Gasteiger charge is 2.11. The highest BCUT2D eigenvalue weighted by Crippen LogP contribution is 2.15. The molecule has 7 heteroatoms. The van der Waals surface area contributed by atoms with E-state index in [-0.39, 0.29) is 12.5 Å².